The molecule has 1 aromatic rings. The van der Waals surface area contributed by atoms with Crippen LogP contribution in [-0.2, 0) is 11.3 Å². The topological polar surface area (TPSA) is 47.4 Å². The SMILES string of the molecule is CCC(C)(C(=O)c1c(Cl)cnn1CCOC)N(C)C. The van der Waals surface area contributed by atoms with Crippen molar-refractivity contribution in [1.82, 2.24) is 14.7 Å². The Morgan fingerprint density at radius 2 is 2.21 bits per heavy atom. The van der Waals surface area contributed by atoms with Crippen LogP contribution in [0.3, 0.4) is 0 Å². The molecule has 0 bridgehead atoms. The van der Waals surface area contributed by atoms with Gasteiger partial charge in [0.1, 0.15) is 5.69 Å². The van der Waals surface area contributed by atoms with Crippen LogP contribution in [0.2, 0.25) is 5.02 Å². The van der Waals surface area contributed by atoms with E-state index in [9.17, 15) is 4.79 Å². The molecular formula is C13H22ClN3O2. The third kappa shape index (κ3) is 3.16. The number of rotatable bonds is 7. The molecule has 1 atom stereocenters. The highest BCUT2D eigenvalue weighted by Crippen LogP contribution is 2.26. The molecule has 5 nitrogen and oxygen atoms in total. The summed E-state index contributed by atoms with van der Waals surface area (Å²) in [5.74, 6) is -0.0152. The minimum Gasteiger partial charge on any atom is -0.383 e. The fraction of sp³-hybridized carbons (Fsp3) is 0.692. The van der Waals surface area contributed by atoms with Crippen molar-refractivity contribution in [2.45, 2.75) is 32.4 Å². The van der Waals surface area contributed by atoms with E-state index in [0.717, 1.165) is 0 Å². The Morgan fingerprint density at radius 1 is 1.58 bits per heavy atom. The summed E-state index contributed by atoms with van der Waals surface area (Å²) in [4.78, 5) is 14.7. The molecule has 0 aromatic carbocycles. The van der Waals surface area contributed by atoms with E-state index in [0.29, 0.717) is 30.3 Å². The number of nitrogens with zero attached hydrogens (tertiary/aromatic N) is 3. The quantitative estimate of drug-likeness (QED) is 0.721. The van der Waals surface area contributed by atoms with E-state index in [1.54, 1.807) is 11.8 Å². The molecule has 6 heteroatoms. The van der Waals surface area contributed by atoms with Crippen molar-refractivity contribution in [2.24, 2.45) is 0 Å². The van der Waals surface area contributed by atoms with Crippen molar-refractivity contribution in [3.8, 4) is 0 Å². The first-order valence-electron chi connectivity index (χ1n) is 6.31. The van der Waals surface area contributed by atoms with Crippen LogP contribution in [0.15, 0.2) is 6.20 Å². The third-order valence-corrected chi connectivity index (χ3v) is 3.96. The van der Waals surface area contributed by atoms with Gasteiger partial charge in [0.25, 0.3) is 0 Å². The molecule has 0 aliphatic heterocycles. The maximum Gasteiger partial charge on any atom is 0.202 e. The Bertz CT molecular complexity index is 445. The number of carbonyl (C=O) groups is 1. The van der Waals surface area contributed by atoms with Crippen molar-refractivity contribution in [1.29, 1.82) is 0 Å². The van der Waals surface area contributed by atoms with E-state index >= 15 is 0 Å². The predicted molar refractivity (Wildman–Crippen MR) is 75.8 cm³/mol. The minimum absolute atomic E-state index is 0.0152. The molecule has 108 valence electrons. The first-order valence-corrected chi connectivity index (χ1v) is 6.68. The predicted octanol–water partition coefficient (Wildman–Crippen LogP) is 2.10. The molecule has 0 spiro atoms. The van der Waals surface area contributed by atoms with E-state index in [4.69, 9.17) is 16.3 Å². The molecule has 1 aromatic heterocycles. The maximum atomic E-state index is 12.8. The average molecular weight is 288 g/mol. The van der Waals surface area contributed by atoms with Crippen LogP contribution in [0.4, 0.5) is 0 Å². The van der Waals surface area contributed by atoms with Crippen LogP contribution < -0.4 is 0 Å². The fourth-order valence-electron chi connectivity index (χ4n) is 1.87. The number of hydrogen-bond acceptors (Lipinski definition) is 4. The van der Waals surface area contributed by atoms with Crippen LogP contribution in [0, 0.1) is 0 Å². The smallest absolute Gasteiger partial charge is 0.202 e. The summed E-state index contributed by atoms with van der Waals surface area (Å²) in [5.41, 5.74) is -0.133. The molecule has 0 amide bonds. The summed E-state index contributed by atoms with van der Waals surface area (Å²) >= 11 is 6.12. The number of hydrogen-bond donors (Lipinski definition) is 0. The molecule has 1 heterocycles. The van der Waals surface area contributed by atoms with E-state index < -0.39 is 5.54 Å². The molecule has 0 radical (unpaired) electrons. The van der Waals surface area contributed by atoms with Gasteiger partial charge in [-0.2, -0.15) is 5.10 Å². The highest BCUT2D eigenvalue weighted by molar-refractivity contribution is 6.34. The molecule has 0 saturated carbocycles. The lowest BCUT2D eigenvalue weighted by atomic mass is 9.90. The van der Waals surface area contributed by atoms with Gasteiger partial charge in [0.2, 0.25) is 5.78 Å². The molecule has 1 unspecified atom stereocenters. The van der Waals surface area contributed by atoms with E-state index in [1.807, 2.05) is 32.8 Å². The number of carbonyl (C=O) groups excluding carboxylic acids is 1. The van der Waals surface area contributed by atoms with Crippen LogP contribution in [0.25, 0.3) is 0 Å². The Labute approximate surface area is 119 Å². The molecule has 0 aliphatic carbocycles. The number of halogens is 1. The standard InChI is InChI=1S/C13H22ClN3O2/c1-6-13(2,16(3)4)12(18)11-10(14)9-15-17(11)7-8-19-5/h9H,6-8H2,1-5H3. The zero-order chi connectivity index (χ0) is 14.6. The highest BCUT2D eigenvalue weighted by atomic mass is 35.5. The Kier molecular flexibility index (Phi) is 5.52. The summed E-state index contributed by atoms with van der Waals surface area (Å²) in [7, 11) is 5.40. The van der Waals surface area contributed by atoms with Crippen molar-refractivity contribution < 1.29 is 9.53 Å². The first-order chi connectivity index (χ1) is 8.88. The van der Waals surface area contributed by atoms with Crippen LogP contribution in [0.5, 0.6) is 0 Å². The van der Waals surface area contributed by atoms with Gasteiger partial charge in [0.15, 0.2) is 0 Å². The molecular weight excluding hydrogens is 266 g/mol. The largest absolute Gasteiger partial charge is 0.383 e. The third-order valence-electron chi connectivity index (χ3n) is 3.68. The zero-order valence-corrected chi connectivity index (χ0v) is 13.0. The minimum atomic E-state index is -0.589. The van der Waals surface area contributed by atoms with Gasteiger partial charge < -0.3 is 4.74 Å². The lowest BCUT2D eigenvalue weighted by Crippen LogP contribution is -2.48. The zero-order valence-electron chi connectivity index (χ0n) is 12.2. The van der Waals surface area contributed by atoms with Gasteiger partial charge in [-0.15, -0.1) is 0 Å². The van der Waals surface area contributed by atoms with Gasteiger partial charge >= 0.3 is 0 Å². The lowest BCUT2D eigenvalue weighted by molar-refractivity contribution is 0.0696. The lowest BCUT2D eigenvalue weighted by Gasteiger charge is -2.34. The number of methoxy groups -OCH3 is 1. The fourth-order valence-corrected chi connectivity index (χ4v) is 2.10. The molecule has 0 aliphatic rings. The monoisotopic (exact) mass is 287 g/mol. The number of ketones is 1. The number of aromatic nitrogens is 2. The second-order valence-corrected chi connectivity index (χ2v) is 5.32. The first kappa shape index (κ1) is 16.1. The van der Waals surface area contributed by atoms with Crippen LogP contribution in [-0.4, -0.2) is 53.8 Å². The molecule has 0 N–H and O–H groups in total. The van der Waals surface area contributed by atoms with Gasteiger partial charge in [-0.3, -0.25) is 14.4 Å². The van der Waals surface area contributed by atoms with Crippen LogP contribution >= 0.6 is 11.6 Å². The number of ether oxygens (including phenoxy) is 1. The second-order valence-electron chi connectivity index (χ2n) is 4.91. The summed E-state index contributed by atoms with van der Waals surface area (Å²) in [5, 5.41) is 4.54. The van der Waals surface area contributed by atoms with Crippen molar-refractivity contribution in [2.75, 3.05) is 27.8 Å². The molecule has 0 fully saturated rings. The summed E-state index contributed by atoms with van der Waals surface area (Å²) in [6, 6.07) is 0. The molecule has 19 heavy (non-hydrogen) atoms. The van der Waals surface area contributed by atoms with Crippen molar-refractivity contribution >= 4 is 17.4 Å². The average Bonchev–Trinajstić information content (AvgIpc) is 2.75. The van der Waals surface area contributed by atoms with Gasteiger partial charge in [-0.25, -0.2) is 0 Å². The second kappa shape index (κ2) is 6.50. The van der Waals surface area contributed by atoms with E-state index in [1.165, 1.54) is 6.20 Å². The van der Waals surface area contributed by atoms with Gasteiger partial charge in [-0.1, -0.05) is 18.5 Å². The Hall–Kier alpha value is -0.910. The molecule has 1 rings (SSSR count). The summed E-state index contributed by atoms with van der Waals surface area (Å²) in [6.07, 6.45) is 2.21. The van der Waals surface area contributed by atoms with Gasteiger partial charge in [0.05, 0.1) is 29.9 Å². The van der Waals surface area contributed by atoms with Gasteiger partial charge in [0, 0.05) is 7.11 Å². The normalized spacial score (nSPS) is 14.7. The molecule has 0 saturated heterocycles. The van der Waals surface area contributed by atoms with Crippen LogP contribution in [0.1, 0.15) is 30.8 Å². The van der Waals surface area contributed by atoms with E-state index in [-0.39, 0.29) is 5.78 Å². The summed E-state index contributed by atoms with van der Waals surface area (Å²) in [6.45, 7) is 4.90. The Morgan fingerprint density at radius 3 is 2.68 bits per heavy atom. The highest BCUT2D eigenvalue weighted by Gasteiger charge is 2.37. The number of likely N-dealkylation sites (N-methyl/N-ethyl adjacent to an activating group) is 1. The summed E-state index contributed by atoms with van der Waals surface area (Å²) < 4.78 is 6.64. The van der Waals surface area contributed by atoms with Crippen molar-refractivity contribution in [3.05, 3.63) is 16.9 Å². The van der Waals surface area contributed by atoms with E-state index in [2.05, 4.69) is 5.10 Å². The van der Waals surface area contributed by atoms with Crippen molar-refractivity contribution in [3.63, 3.8) is 0 Å². The maximum absolute atomic E-state index is 12.8. The Balaban J connectivity index is 3.14. The van der Waals surface area contributed by atoms with Gasteiger partial charge in [-0.05, 0) is 27.4 Å². The number of Topliss-reactive ketones (excluding diaryl/α,β-unsaturated/α-hetero) is 1.